The molecule has 1 aromatic rings. The van der Waals surface area contributed by atoms with Crippen molar-refractivity contribution >= 4 is 0 Å². The molecule has 0 spiro atoms. The predicted octanol–water partition coefficient (Wildman–Crippen LogP) is 8.51. The van der Waals surface area contributed by atoms with Crippen LogP contribution >= 0.6 is 0 Å². The van der Waals surface area contributed by atoms with E-state index in [1.807, 2.05) is 0 Å². The molecule has 0 saturated heterocycles. The van der Waals surface area contributed by atoms with Gasteiger partial charge in [-0.3, -0.25) is 0 Å². The van der Waals surface area contributed by atoms with Crippen molar-refractivity contribution in [2.24, 2.45) is 35.5 Å². The van der Waals surface area contributed by atoms with Crippen molar-refractivity contribution in [3.63, 3.8) is 0 Å². The Kier molecular flexibility index (Phi) is 7.36. The van der Waals surface area contributed by atoms with Crippen LogP contribution in [0.2, 0.25) is 0 Å². The zero-order valence-electron chi connectivity index (χ0n) is 18.9. The van der Waals surface area contributed by atoms with Crippen LogP contribution in [-0.4, -0.2) is 6.11 Å². The molecule has 3 fully saturated rings. The highest BCUT2D eigenvalue weighted by Gasteiger charge is 2.45. The van der Waals surface area contributed by atoms with E-state index in [-0.39, 0.29) is 0 Å². The first kappa shape index (κ1) is 23.8. The number of hydrogen-bond acceptors (Lipinski definition) is 1. The fourth-order valence-corrected chi connectivity index (χ4v) is 6.60. The molecular formula is C26H35F5O. The second-order valence-electron chi connectivity index (χ2n) is 10.7. The fraction of sp³-hybridized carbons (Fsp3) is 0.769. The zero-order valence-corrected chi connectivity index (χ0v) is 18.9. The maximum atomic E-state index is 14.7. The summed E-state index contributed by atoms with van der Waals surface area (Å²) in [5, 5.41) is 0. The van der Waals surface area contributed by atoms with E-state index in [0.29, 0.717) is 36.8 Å². The van der Waals surface area contributed by atoms with Crippen LogP contribution in [-0.2, 0) is 0 Å². The summed E-state index contributed by atoms with van der Waals surface area (Å²) < 4.78 is 73.7. The predicted molar refractivity (Wildman–Crippen MR) is 114 cm³/mol. The maximum Gasteiger partial charge on any atom is 0.400 e. The number of alkyl halides is 2. The van der Waals surface area contributed by atoms with Crippen molar-refractivity contribution < 1.29 is 26.7 Å². The van der Waals surface area contributed by atoms with Crippen LogP contribution in [0.15, 0.2) is 12.1 Å². The van der Waals surface area contributed by atoms with Gasteiger partial charge in [-0.25, -0.2) is 13.2 Å². The summed E-state index contributed by atoms with van der Waals surface area (Å²) in [6, 6.07) is 0.951. The monoisotopic (exact) mass is 458 g/mol. The summed E-state index contributed by atoms with van der Waals surface area (Å²) in [7, 11) is 0. The number of rotatable bonds is 5. The normalized spacial score (nSPS) is 34.3. The van der Waals surface area contributed by atoms with Gasteiger partial charge < -0.3 is 4.74 Å². The van der Waals surface area contributed by atoms with Crippen LogP contribution in [0.3, 0.4) is 0 Å². The summed E-state index contributed by atoms with van der Waals surface area (Å²) in [6.07, 6.45) is 9.10. The second-order valence-corrected chi connectivity index (χ2v) is 10.7. The van der Waals surface area contributed by atoms with E-state index in [1.165, 1.54) is 51.4 Å². The lowest BCUT2D eigenvalue weighted by Gasteiger charge is -2.41. The highest BCUT2D eigenvalue weighted by molar-refractivity contribution is 5.25. The first-order valence-electron chi connectivity index (χ1n) is 12.4. The Labute approximate surface area is 188 Å². The molecule has 0 heterocycles. The van der Waals surface area contributed by atoms with Crippen molar-refractivity contribution in [2.75, 3.05) is 0 Å². The quantitative estimate of drug-likeness (QED) is 0.317. The summed E-state index contributed by atoms with van der Waals surface area (Å²) in [6.45, 7) is 2.36. The van der Waals surface area contributed by atoms with Gasteiger partial charge in [-0.1, -0.05) is 19.8 Å². The zero-order chi connectivity index (χ0) is 22.9. The van der Waals surface area contributed by atoms with Crippen molar-refractivity contribution in [3.05, 3.63) is 29.6 Å². The molecule has 1 aromatic carbocycles. The van der Waals surface area contributed by atoms with Gasteiger partial charge >= 0.3 is 6.11 Å². The summed E-state index contributed by atoms with van der Waals surface area (Å²) in [5.74, 6) is -2.69. The molecule has 1 nitrogen and oxygen atoms in total. The summed E-state index contributed by atoms with van der Waals surface area (Å²) >= 11 is 0. The van der Waals surface area contributed by atoms with Crippen LogP contribution in [0.4, 0.5) is 22.0 Å². The number of halogens is 5. The van der Waals surface area contributed by atoms with E-state index >= 15 is 0 Å². The maximum absolute atomic E-state index is 14.7. The molecule has 3 aliphatic rings. The minimum absolute atomic E-state index is 0.338. The van der Waals surface area contributed by atoms with Crippen LogP contribution in [0.25, 0.3) is 0 Å². The van der Waals surface area contributed by atoms with Crippen LogP contribution in [0, 0.1) is 53.0 Å². The SMILES string of the molecule is CC1CCC(C2CCC(C3CCC(C(F)(F)Oc4cc(F)c(F)c(F)c4)CC3)CC2)CC1. The molecule has 4 rings (SSSR count). The van der Waals surface area contributed by atoms with Gasteiger partial charge in [0.25, 0.3) is 0 Å². The molecule has 6 heteroatoms. The number of ether oxygens (including phenoxy) is 1. The average Bonchev–Trinajstić information content (AvgIpc) is 2.78. The molecule has 0 aliphatic heterocycles. The third-order valence-corrected chi connectivity index (χ3v) is 8.67. The standard InChI is InChI=1S/C26H35F5O/c1-16-2-4-17(5-3-16)18-6-8-19(9-7-18)20-10-12-21(13-11-20)26(30,31)32-22-14-23(27)25(29)24(28)15-22/h14-21H,2-13H2,1H3. The van der Waals surface area contributed by atoms with Gasteiger partial charge in [-0.2, -0.15) is 8.78 Å². The molecular weight excluding hydrogens is 423 g/mol. The lowest BCUT2D eigenvalue weighted by molar-refractivity contribution is -0.224. The van der Waals surface area contributed by atoms with E-state index in [2.05, 4.69) is 11.7 Å². The van der Waals surface area contributed by atoms with Crippen molar-refractivity contribution in [3.8, 4) is 5.75 Å². The van der Waals surface area contributed by atoms with E-state index in [1.54, 1.807) is 0 Å². The molecule has 0 amide bonds. The van der Waals surface area contributed by atoms with Crippen LogP contribution in [0.1, 0.15) is 84.0 Å². The van der Waals surface area contributed by atoms with E-state index in [4.69, 9.17) is 0 Å². The lowest BCUT2D eigenvalue weighted by atomic mass is 9.65. The van der Waals surface area contributed by atoms with Gasteiger partial charge in [0.05, 0.1) is 5.92 Å². The summed E-state index contributed by atoms with van der Waals surface area (Å²) in [4.78, 5) is 0. The molecule has 0 unspecified atom stereocenters. The molecule has 32 heavy (non-hydrogen) atoms. The minimum atomic E-state index is -3.53. The van der Waals surface area contributed by atoms with Gasteiger partial charge in [0.15, 0.2) is 17.5 Å². The summed E-state index contributed by atoms with van der Waals surface area (Å²) in [5.41, 5.74) is 0. The Balaban J connectivity index is 1.25. The van der Waals surface area contributed by atoms with Crippen molar-refractivity contribution in [1.82, 2.24) is 0 Å². The Morgan fingerprint density at radius 2 is 1.03 bits per heavy atom. The highest BCUT2D eigenvalue weighted by atomic mass is 19.3. The Bertz CT molecular complexity index is 734. The minimum Gasteiger partial charge on any atom is -0.432 e. The first-order chi connectivity index (χ1) is 15.2. The molecule has 3 aliphatic carbocycles. The van der Waals surface area contributed by atoms with Gasteiger partial charge in [-0.05, 0) is 93.8 Å². The average molecular weight is 459 g/mol. The third-order valence-electron chi connectivity index (χ3n) is 8.67. The van der Waals surface area contributed by atoms with Gasteiger partial charge in [-0.15, -0.1) is 0 Å². The van der Waals surface area contributed by atoms with Crippen molar-refractivity contribution in [1.29, 1.82) is 0 Å². The molecule has 0 radical (unpaired) electrons. The van der Waals surface area contributed by atoms with E-state index in [9.17, 15) is 22.0 Å². The van der Waals surface area contributed by atoms with Gasteiger partial charge in [0.1, 0.15) is 5.75 Å². The van der Waals surface area contributed by atoms with E-state index in [0.717, 1.165) is 30.6 Å². The molecule has 0 atom stereocenters. The first-order valence-corrected chi connectivity index (χ1v) is 12.4. The Morgan fingerprint density at radius 1 is 0.656 bits per heavy atom. The van der Waals surface area contributed by atoms with E-state index < -0.39 is 35.2 Å². The van der Waals surface area contributed by atoms with Gasteiger partial charge in [0, 0.05) is 12.1 Å². The Hall–Kier alpha value is -1.33. The van der Waals surface area contributed by atoms with Gasteiger partial charge in [0.2, 0.25) is 0 Å². The molecule has 0 N–H and O–H groups in total. The van der Waals surface area contributed by atoms with Crippen LogP contribution in [0.5, 0.6) is 5.75 Å². The largest absolute Gasteiger partial charge is 0.432 e. The third kappa shape index (κ3) is 5.41. The molecule has 180 valence electrons. The molecule has 0 bridgehead atoms. The number of benzene rings is 1. The molecule has 0 aromatic heterocycles. The topological polar surface area (TPSA) is 9.23 Å². The Morgan fingerprint density at radius 3 is 1.47 bits per heavy atom. The second kappa shape index (κ2) is 9.89. The molecule has 3 saturated carbocycles. The van der Waals surface area contributed by atoms with Crippen LogP contribution < -0.4 is 4.74 Å². The fourth-order valence-electron chi connectivity index (χ4n) is 6.60. The smallest absolute Gasteiger partial charge is 0.400 e. The highest BCUT2D eigenvalue weighted by Crippen LogP contribution is 2.48. The van der Waals surface area contributed by atoms with Crippen molar-refractivity contribution in [2.45, 2.75) is 90.1 Å². The lowest BCUT2D eigenvalue weighted by Crippen LogP contribution is -2.38. The number of hydrogen-bond donors (Lipinski definition) is 0.